The third-order valence-corrected chi connectivity index (χ3v) is 6.10. The highest BCUT2D eigenvalue weighted by atomic mass is 16.5. The van der Waals surface area contributed by atoms with Crippen molar-refractivity contribution < 1.29 is 9.53 Å². The lowest BCUT2D eigenvalue weighted by Gasteiger charge is -2.24. The summed E-state index contributed by atoms with van der Waals surface area (Å²) in [4.78, 5) is 13.4. The van der Waals surface area contributed by atoms with Gasteiger partial charge in [0.25, 0.3) is 0 Å². The van der Waals surface area contributed by atoms with Crippen molar-refractivity contribution in [1.29, 1.82) is 0 Å². The molecule has 2 nitrogen and oxygen atoms in total. The molecule has 0 aliphatic heterocycles. The molecule has 1 atom stereocenters. The van der Waals surface area contributed by atoms with Crippen LogP contribution in [-0.4, -0.2) is 5.97 Å². The van der Waals surface area contributed by atoms with E-state index >= 15 is 0 Å². The molecule has 0 saturated carbocycles. The highest BCUT2D eigenvalue weighted by Gasteiger charge is 2.26. The van der Waals surface area contributed by atoms with E-state index in [1.165, 1.54) is 0 Å². The molecule has 0 N–H and O–H groups in total. The maximum atomic E-state index is 13.4. The number of ether oxygens (including phenoxy) is 1. The summed E-state index contributed by atoms with van der Waals surface area (Å²) in [5, 5.41) is 4.44. The van der Waals surface area contributed by atoms with Gasteiger partial charge in [-0.3, -0.25) is 4.79 Å². The van der Waals surface area contributed by atoms with Crippen LogP contribution in [0.15, 0.2) is 115 Å². The Morgan fingerprint density at radius 2 is 1.06 bits per heavy atom. The SMILES string of the molecule is C[C@H](C(=O)OC(c1cccc2ccccc12)c1cccc2ccccc12)c1ccccc1. The van der Waals surface area contributed by atoms with E-state index in [-0.39, 0.29) is 11.9 Å². The van der Waals surface area contributed by atoms with Gasteiger partial charge in [0.1, 0.15) is 0 Å². The first-order valence-electron chi connectivity index (χ1n) is 10.9. The quantitative estimate of drug-likeness (QED) is 0.279. The third-order valence-electron chi connectivity index (χ3n) is 6.10. The fraction of sp³-hybridized carbons (Fsp3) is 0.100. The molecule has 0 heterocycles. The highest BCUT2D eigenvalue weighted by molar-refractivity contribution is 5.90. The van der Waals surface area contributed by atoms with Crippen LogP contribution in [0.3, 0.4) is 0 Å². The van der Waals surface area contributed by atoms with Crippen LogP contribution in [0.4, 0.5) is 0 Å². The van der Waals surface area contributed by atoms with Crippen LogP contribution in [0, 0.1) is 0 Å². The maximum Gasteiger partial charge on any atom is 0.314 e. The van der Waals surface area contributed by atoms with Crippen LogP contribution in [0.5, 0.6) is 0 Å². The van der Waals surface area contributed by atoms with Crippen LogP contribution < -0.4 is 0 Å². The fourth-order valence-corrected chi connectivity index (χ4v) is 4.35. The topological polar surface area (TPSA) is 26.3 Å². The van der Waals surface area contributed by atoms with Crippen molar-refractivity contribution in [2.24, 2.45) is 0 Å². The largest absolute Gasteiger partial charge is 0.452 e. The van der Waals surface area contributed by atoms with Crippen molar-refractivity contribution in [2.75, 3.05) is 0 Å². The summed E-state index contributed by atoms with van der Waals surface area (Å²) in [5.41, 5.74) is 2.94. The molecule has 0 bridgehead atoms. The molecule has 0 aromatic heterocycles. The summed E-state index contributed by atoms with van der Waals surface area (Å²) in [5.74, 6) is -0.592. The number of rotatable bonds is 5. The van der Waals surface area contributed by atoms with Crippen molar-refractivity contribution in [3.63, 3.8) is 0 Å². The van der Waals surface area contributed by atoms with E-state index in [2.05, 4.69) is 48.5 Å². The lowest BCUT2D eigenvalue weighted by Crippen LogP contribution is -2.18. The Morgan fingerprint density at radius 1 is 0.594 bits per heavy atom. The van der Waals surface area contributed by atoms with Crippen molar-refractivity contribution in [1.82, 2.24) is 0 Å². The molecule has 156 valence electrons. The molecule has 0 unspecified atom stereocenters. The maximum absolute atomic E-state index is 13.4. The van der Waals surface area contributed by atoms with Crippen LogP contribution >= 0.6 is 0 Å². The van der Waals surface area contributed by atoms with Gasteiger partial charge >= 0.3 is 5.97 Å². The Bertz CT molecular complexity index is 1300. The summed E-state index contributed by atoms with van der Waals surface area (Å²) in [6.07, 6.45) is -0.508. The number of hydrogen-bond donors (Lipinski definition) is 0. The van der Waals surface area contributed by atoms with Crippen LogP contribution in [0.25, 0.3) is 21.5 Å². The van der Waals surface area contributed by atoms with Gasteiger partial charge in [0.2, 0.25) is 0 Å². The fourth-order valence-electron chi connectivity index (χ4n) is 4.35. The van der Waals surface area contributed by atoms with Crippen LogP contribution in [-0.2, 0) is 9.53 Å². The number of carbonyl (C=O) groups is 1. The van der Waals surface area contributed by atoms with Crippen LogP contribution in [0.2, 0.25) is 0 Å². The molecule has 5 aromatic carbocycles. The molecule has 0 fully saturated rings. The molecule has 0 aliphatic carbocycles. The minimum atomic E-state index is -0.508. The van der Waals surface area contributed by atoms with Gasteiger partial charge in [-0.05, 0) is 34.0 Å². The van der Waals surface area contributed by atoms with Gasteiger partial charge in [0.15, 0.2) is 6.10 Å². The van der Waals surface area contributed by atoms with Gasteiger partial charge < -0.3 is 4.74 Å². The second kappa shape index (κ2) is 8.68. The standard InChI is InChI=1S/C30H24O2/c1-21(22-11-3-2-4-12-22)30(31)32-29(27-19-9-15-23-13-5-7-17-25(23)27)28-20-10-16-24-14-6-8-18-26(24)28/h2-21,29H,1H3/t21-/m0/s1. The van der Waals surface area contributed by atoms with E-state index in [1.54, 1.807) is 0 Å². The molecular formula is C30H24O2. The average molecular weight is 417 g/mol. The Labute approximate surface area is 188 Å². The zero-order chi connectivity index (χ0) is 21.9. The summed E-state index contributed by atoms with van der Waals surface area (Å²) in [7, 11) is 0. The summed E-state index contributed by atoms with van der Waals surface area (Å²) in [6.45, 7) is 1.90. The second-order valence-electron chi connectivity index (χ2n) is 8.09. The molecule has 0 amide bonds. The number of carbonyl (C=O) groups excluding carboxylic acids is 1. The first-order chi connectivity index (χ1) is 15.7. The Balaban J connectivity index is 1.65. The highest BCUT2D eigenvalue weighted by Crippen LogP contribution is 2.36. The molecule has 2 heteroatoms. The van der Waals surface area contributed by atoms with Crippen molar-refractivity contribution in [3.05, 3.63) is 132 Å². The Hall–Kier alpha value is -3.91. The first-order valence-corrected chi connectivity index (χ1v) is 10.9. The third kappa shape index (κ3) is 3.76. The van der Waals surface area contributed by atoms with Crippen molar-refractivity contribution in [3.8, 4) is 0 Å². The van der Waals surface area contributed by atoms with Gasteiger partial charge in [0, 0.05) is 11.1 Å². The zero-order valence-corrected chi connectivity index (χ0v) is 17.9. The predicted octanol–water partition coefficient (Wildman–Crippen LogP) is 7.43. The van der Waals surface area contributed by atoms with Crippen molar-refractivity contribution >= 4 is 27.5 Å². The minimum Gasteiger partial charge on any atom is -0.452 e. The van der Waals surface area contributed by atoms with Gasteiger partial charge in [0.05, 0.1) is 5.92 Å². The summed E-state index contributed by atoms with van der Waals surface area (Å²) in [6, 6.07) is 38.7. The van der Waals surface area contributed by atoms with Crippen molar-refractivity contribution in [2.45, 2.75) is 18.9 Å². The minimum absolute atomic E-state index is 0.234. The molecule has 0 radical (unpaired) electrons. The van der Waals surface area contributed by atoms with Gasteiger partial charge in [-0.15, -0.1) is 0 Å². The van der Waals surface area contributed by atoms with Gasteiger partial charge in [-0.25, -0.2) is 0 Å². The normalized spacial score (nSPS) is 12.2. The van der Waals surface area contributed by atoms with E-state index in [1.807, 2.05) is 73.7 Å². The molecule has 5 aromatic rings. The Kier molecular flexibility index (Phi) is 5.43. The number of esters is 1. The van der Waals surface area contributed by atoms with E-state index in [4.69, 9.17) is 4.74 Å². The monoisotopic (exact) mass is 416 g/mol. The number of hydrogen-bond acceptors (Lipinski definition) is 2. The average Bonchev–Trinajstić information content (AvgIpc) is 2.86. The van der Waals surface area contributed by atoms with E-state index in [0.29, 0.717) is 0 Å². The smallest absolute Gasteiger partial charge is 0.314 e. The molecule has 0 spiro atoms. The number of fused-ring (bicyclic) bond motifs is 2. The van der Waals surface area contributed by atoms with E-state index < -0.39 is 6.10 Å². The lowest BCUT2D eigenvalue weighted by molar-refractivity contribution is -0.148. The number of benzene rings is 5. The molecule has 0 saturated heterocycles. The first kappa shape index (κ1) is 20.0. The summed E-state index contributed by atoms with van der Waals surface area (Å²) >= 11 is 0. The lowest BCUT2D eigenvalue weighted by atomic mass is 9.92. The molecule has 32 heavy (non-hydrogen) atoms. The van der Waals surface area contributed by atoms with E-state index in [0.717, 1.165) is 38.2 Å². The molecular weight excluding hydrogens is 392 g/mol. The Morgan fingerprint density at radius 3 is 1.62 bits per heavy atom. The van der Waals surface area contributed by atoms with Gasteiger partial charge in [-0.1, -0.05) is 115 Å². The van der Waals surface area contributed by atoms with Crippen LogP contribution in [0.1, 0.15) is 35.6 Å². The molecule has 0 aliphatic rings. The molecule has 5 rings (SSSR count). The summed E-state index contributed by atoms with van der Waals surface area (Å²) < 4.78 is 6.32. The predicted molar refractivity (Wildman–Crippen MR) is 131 cm³/mol. The second-order valence-corrected chi connectivity index (χ2v) is 8.09. The zero-order valence-electron chi connectivity index (χ0n) is 17.9. The van der Waals surface area contributed by atoms with E-state index in [9.17, 15) is 4.79 Å². The van der Waals surface area contributed by atoms with Gasteiger partial charge in [-0.2, -0.15) is 0 Å².